The first-order chi connectivity index (χ1) is 15.8. The molecule has 0 spiro atoms. The third-order valence-electron chi connectivity index (χ3n) is 6.33. The summed E-state index contributed by atoms with van der Waals surface area (Å²) in [5, 5.41) is 5.23. The fraction of sp³-hybridized carbons (Fsp3) is 0.375. The Morgan fingerprint density at radius 2 is 2.00 bits per heavy atom. The van der Waals surface area contributed by atoms with Crippen LogP contribution in [0.3, 0.4) is 0 Å². The van der Waals surface area contributed by atoms with Crippen molar-refractivity contribution in [3.63, 3.8) is 0 Å². The maximum Gasteiger partial charge on any atom is 0.324 e. The molecule has 1 aromatic heterocycles. The van der Waals surface area contributed by atoms with E-state index in [1.54, 1.807) is 27.9 Å². The summed E-state index contributed by atoms with van der Waals surface area (Å²) >= 11 is 0. The van der Waals surface area contributed by atoms with Gasteiger partial charge in [0.05, 0.1) is 24.8 Å². The summed E-state index contributed by atoms with van der Waals surface area (Å²) in [7, 11) is 5.85. The number of ketones is 1. The van der Waals surface area contributed by atoms with E-state index >= 15 is 0 Å². The fourth-order valence-corrected chi connectivity index (χ4v) is 4.21. The lowest BCUT2D eigenvalue weighted by atomic mass is 10.1. The average molecular weight is 453 g/mol. The zero-order chi connectivity index (χ0) is 23.7. The van der Waals surface area contributed by atoms with Gasteiger partial charge in [0.2, 0.25) is 0 Å². The van der Waals surface area contributed by atoms with Crippen molar-refractivity contribution in [2.75, 3.05) is 38.6 Å². The van der Waals surface area contributed by atoms with Crippen molar-refractivity contribution in [2.45, 2.75) is 19.0 Å². The molecule has 2 aromatic carbocycles. The van der Waals surface area contributed by atoms with Crippen molar-refractivity contribution >= 4 is 28.4 Å². The summed E-state index contributed by atoms with van der Waals surface area (Å²) in [6, 6.07) is 10.1. The van der Waals surface area contributed by atoms with Crippen molar-refractivity contribution in [1.29, 1.82) is 0 Å². The standard InChI is InChI=1S/C24H29FN6O2/c1-28(2)20-8-9-30(15-20)24(33)31(19-7-6-17-13-27-29(3)22(17)11-19)14-18-5-4-16(10-21(18)25)23(32)12-26/h4-7,10-11,13,20H,8-9,12,14-15,26H2,1-3H3/t20-/m1/s1. The van der Waals surface area contributed by atoms with Crippen LogP contribution in [0, 0.1) is 5.82 Å². The van der Waals surface area contributed by atoms with Crippen molar-refractivity contribution < 1.29 is 14.0 Å². The van der Waals surface area contributed by atoms with Gasteiger partial charge in [-0.1, -0.05) is 12.1 Å². The smallest absolute Gasteiger partial charge is 0.324 e. The minimum absolute atomic E-state index is 0.0360. The molecule has 4 rings (SSSR count). The number of nitrogens with zero attached hydrogens (tertiary/aromatic N) is 5. The molecule has 33 heavy (non-hydrogen) atoms. The molecule has 1 aliphatic rings. The topological polar surface area (TPSA) is 87.7 Å². The molecule has 2 amide bonds. The number of amides is 2. The second-order valence-corrected chi connectivity index (χ2v) is 8.67. The molecule has 1 aliphatic heterocycles. The second kappa shape index (κ2) is 9.29. The molecule has 1 saturated heterocycles. The van der Waals surface area contributed by atoms with E-state index in [1.807, 2.05) is 44.2 Å². The Balaban J connectivity index is 1.69. The van der Waals surface area contributed by atoms with E-state index < -0.39 is 5.82 Å². The largest absolute Gasteiger partial charge is 0.324 e. The molecular weight excluding hydrogens is 423 g/mol. The molecule has 0 saturated carbocycles. The maximum atomic E-state index is 14.9. The molecule has 3 aromatic rings. The van der Waals surface area contributed by atoms with Gasteiger partial charge in [0.1, 0.15) is 5.82 Å². The van der Waals surface area contributed by atoms with Gasteiger partial charge in [-0.2, -0.15) is 5.10 Å². The Morgan fingerprint density at radius 1 is 1.21 bits per heavy atom. The number of fused-ring (bicyclic) bond motifs is 1. The van der Waals surface area contributed by atoms with Gasteiger partial charge in [-0.05, 0) is 44.8 Å². The minimum atomic E-state index is -0.540. The molecule has 2 heterocycles. The van der Waals surface area contributed by atoms with Gasteiger partial charge < -0.3 is 15.5 Å². The van der Waals surface area contributed by atoms with Crippen LogP contribution in [0.4, 0.5) is 14.9 Å². The molecule has 2 N–H and O–H groups in total. The van der Waals surface area contributed by atoms with Gasteiger partial charge in [-0.3, -0.25) is 14.4 Å². The number of benzene rings is 2. The van der Waals surface area contributed by atoms with E-state index in [1.165, 1.54) is 6.07 Å². The van der Waals surface area contributed by atoms with Crippen LogP contribution in [0.25, 0.3) is 10.9 Å². The summed E-state index contributed by atoms with van der Waals surface area (Å²) in [4.78, 5) is 31.0. The number of aryl methyl sites for hydroxylation is 1. The highest BCUT2D eigenvalue weighted by Gasteiger charge is 2.31. The summed E-state index contributed by atoms with van der Waals surface area (Å²) in [6.45, 7) is 1.10. The normalized spacial score (nSPS) is 16.1. The van der Waals surface area contributed by atoms with E-state index in [0.717, 1.165) is 17.3 Å². The second-order valence-electron chi connectivity index (χ2n) is 8.67. The van der Waals surface area contributed by atoms with Crippen LogP contribution in [0.2, 0.25) is 0 Å². The number of anilines is 1. The summed E-state index contributed by atoms with van der Waals surface area (Å²) in [5.41, 5.74) is 7.48. The molecular formula is C24H29FN6O2. The number of rotatable bonds is 6. The van der Waals surface area contributed by atoms with Crippen molar-refractivity contribution in [3.8, 4) is 0 Å². The molecule has 0 unspecified atom stereocenters. The number of likely N-dealkylation sites (tertiary alicyclic amines) is 1. The molecule has 174 valence electrons. The van der Waals surface area contributed by atoms with Crippen LogP contribution in [0.1, 0.15) is 22.3 Å². The molecule has 0 radical (unpaired) electrons. The molecule has 1 atom stereocenters. The number of aromatic nitrogens is 2. The number of carbonyl (C=O) groups excluding carboxylic acids is 2. The van der Waals surface area contributed by atoms with Crippen LogP contribution in [-0.4, -0.2) is 71.2 Å². The van der Waals surface area contributed by atoms with Crippen LogP contribution in [-0.2, 0) is 13.6 Å². The Kier molecular flexibility index (Phi) is 6.44. The number of Topliss-reactive ketones (excluding diaryl/α,β-unsaturated/α-hetero) is 1. The highest BCUT2D eigenvalue weighted by Crippen LogP contribution is 2.27. The lowest BCUT2D eigenvalue weighted by Gasteiger charge is -2.29. The summed E-state index contributed by atoms with van der Waals surface area (Å²) in [5.74, 6) is -0.872. The van der Waals surface area contributed by atoms with Gasteiger partial charge >= 0.3 is 6.03 Å². The Hall–Kier alpha value is -3.30. The van der Waals surface area contributed by atoms with E-state index in [4.69, 9.17) is 5.73 Å². The average Bonchev–Trinajstić information content (AvgIpc) is 3.45. The zero-order valence-electron chi connectivity index (χ0n) is 19.2. The van der Waals surface area contributed by atoms with Crippen molar-refractivity contribution in [3.05, 3.63) is 59.5 Å². The van der Waals surface area contributed by atoms with Crippen LogP contribution < -0.4 is 10.6 Å². The van der Waals surface area contributed by atoms with Crippen LogP contribution in [0.15, 0.2) is 42.6 Å². The zero-order valence-corrected chi connectivity index (χ0v) is 19.2. The molecule has 0 bridgehead atoms. The van der Waals surface area contributed by atoms with Gasteiger partial charge in [-0.25, -0.2) is 9.18 Å². The van der Waals surface area contributed by atoms with Crippen LogP contribution >= 0.6 is 0 Å². The molecule has 9 heteroatoms. The first-order valence-corrected chi connectivity index (χ1v) is 10.9. The molecule has 0 aliphatic carbocycles. The van der Waals surface area contributed by atoms with Crippen molar-refractivity contribution in [1.82, 2.24) is 19.6 Å². The Bertz CT molecular complexity index is 1190. The van der Waals surface area contributed by atoms with E-state index in [9.17, 15) is 14.0 Å². The maximum absolute atomic E-state index is 14.9. The van der Waals surface area contributed by atoms with E-state index in [2.05, 4.69) is 10.00 Å². The summed E-state index contributed by atoms with van der Waals surface area (Å²) < 4.78 is 16.7. The van der Waals surface area contributed by atoms with Gasteiger partial charge in [0, 0.05) is 48.4 Å². The van der Waals surface area contributed by atoms with E-state index in [0.29, 0.717) is 24.3 Å². The predicted octanol–water partition coefficient (Wildman–Crippen LogP) is 2.62. The minimum Gasteiger partial charge on any atom is -0.324 e. The number of hydrogen-bond donors (Lipinski definition) is 1. The summed E-state index contributed by atoms with van der Waals surface area (Å²) in [6.07, 6.45) is 2.65. The monoisotopic (exact) mass is 452 g/mol. The third-order valence-corrected chi connectivity index (χ3v) is 6.33. The SMILES string of the molecule is CN(C)[C@@H]1CCN(C(=O)N(Cc2ccc(C(=O)CN)cc2F)c2ccc3cnn(C)c3c2)C1. The van der Waals surface area contributed by atoms with Gasteiger partial charge in [-0.15, -0.1) is 0 Å². The number of likely N-dealkylation sites (N-methyl/N-ethyl adjacent to an activating group) is 1. The number of nitrogens with two attached hydrogens (primary N) is 1. The Labute approximate surface area is 192 Å². The number of urea groups is 1. The molecule has 1 fully saturated rings. The van der Waals surface area contributed by atoms with Gasteiger partial charge in [0.15, 0.2) is 5.78 Å². The third kappa shape index (κ3) is 4.60. The Morgan fingerprint density at radius 3 is 2.67 bits per heavy atom. The number of hydrogen-bond acceptors (Lipinski definition) is 5. The number of halogens is 1. The van der Waals surface area contributed by atoms with Gasteiger partial charge in [0.25, 0.3) is 0 Å². The molecule has 8 nitrogen and oxygen atoms in total. The van der Waals surface area contributed by atoms with E-state index in [-0.39, 0.29) is 36.5 Å². The first-order valence-electron chi connectivity index (χ1n) is 10.9. The van der Waals surface area contributed by atoms with Crippen LogP contribution in [0.5, 0.6) is 0 Å². The highest BCUT2D eigenvalue weighted by molar-refractivity contribution is 5.98. The quantitative estimate of drug-likeness (QED) is 0.581. The highest BCUT2D eigenvalue weighted by atomic mass is 19.1. The lowest BCUT2D eigenvalue weighted by molar-refractivity contribution is 0.100. The lowest BCUT2D eigenvalue weighted by Crippen LogP contribution is -2.43. The fourth-order valence-electron chi connectivity index (χ4n) is 4.21. The number of carbonyl (C=O) groups is 2. The van der Waals surface area contributed by atoms with Crippen molar-refractivity contribution in [2.24, 2.45) is 12.8 Å². The predicted molar refractivity (Wildman–Crippen MR) is 126 cm³/mol. The first kappa shape index (κ1) is 22.9.